The summed E-state index contributed by atoms with van der Waals surface area (Å²) in [6.07, 6.45) is 24.9. The van der Waals surface area contributed by atoms with Gasteiger partial charge in [0.2, 0.25) is 0 Å². The number of fused-ring (bicyclic) bond motifs is 4. The SMILES string of the molecule is C1=CC2=C(CCC(CC3CCCC3)C2)n2c3c(c4cnccc42)CCC=C13.Cl. The fraction of sp³-hybridized carbons (Fsp3) is 0.480. The van der Waals surface area contributed by atoms with E-state index >= 15 is 0 Å². The van der Waals surface area contributed by atoms with Gasteiger partial charge in [0, 0.05) is 23.5 Å². The summed E-state index contributed by atoms with van der Waals surface area (Å²) >= 11 is 0. The monoisotopic (exact) mass is 392 g/mol. The van der Waals surface area contributed by atoms with Crippen LogP contribution in [0, 0.1) is 11.8 Å². The maximum Gasteiger partial charge on any atom is 0.0567 e. The fourth-order valence-electron chi connectivity index (χ4n) is 6.21. The van der Waals surface area contributed by atoms with Gasteiger partial charge in [-0.2, -0.15) is 0 Å². The minimum Gasteiger partial charge on any atom is -0.312 e. The molecule has 4 aliphatic rings. The molecule has 0 bridgehead atoms. The second-order valence-corrected chi connectivity index (χ2v) is 9.05. The molecule has 1 fully saturated rings. The highest BCUT2D eigenvalue weighted by Crippen LogP contribution is 2.46. The Morgan fingerprint density at radius 3 is 2.82 bits per heavy atom. The molecule has 0 radical (unpaired) electrons. The van der Waals surface area contributed by atoms with Crippen molar-refractivity contribution in [2.24, 2.45) is 11.8 Å². The molecule has 1 unspecified atom stereocenters. The molecular formula is C25H29ClN2. The lowest BCUT2D eigenvalue weighted by molar-refractivity contribution is 0.349. The van der Waals surface area contributed by atoms with Gasteiger partial charge in [0.1, 0.15) is 0 Å². The molecule has 3 aliphatic carbocycles. The van der Waals surface area contributed by atoms with Crippen LogP contribution >= 0.6 is 12.4 Å². The van der Waals surface area contributed by atoms with Gasteiger partial charge in [-0.15, -0.1) is 12.4 Å². The lowest BCUT2D eigenvalue weighted by Gasteiger charge is -2.29. The van der Waals surface area contributed by atoms with Crippen molar-refractivity contribution in [1.82, 2.24) is 9.55 Å². The number of aryl methyl sites for hydroxylation is 1. The lowest BCUT2D eigenvalue weighted by Crippen LogP contribution is -2.15. The largest absolute Gasteiger partial charge is 0.312 e. The average Bonchev–Trinajstić information content (AvgIpc) is 3.28. The van der Waals surface area contributed by atoms with Crippen LogP contribution in [-0.2, 0) is 6.42 Å². The molecule has 146 valence electrons. The Labute approximate surface area is 173 Å². The number of hydrogen-bond acceptors (Lipinski definition) is 1. The standard InChI is InChI=1S/C25H28N2.ClH/c1-2-5-17(4-1)14-18-8-11-23-20(15-18)10-9-19-6-3-7-21-22-16-26-13-12-24(22)27(23)25(19)21;/h6,9-10,12-13,16-18H,1-5,7-8,11,14-15H2;1H. The van der Waals surface area contributed by atoms with Crippen molar-refractivity contribution in [3.05, 3.63) is 53.5 Å². The minimum absolute atomic E-state index is 0. The number of halogens is 1. The first-order valence-electron chi connectivity index (χ1n) is 11.0. The molecule has 0 N–H and O–H groups in total. The topological polar surface area (TPSA) is 17.8 Å². The van der Waals surface area contributed by atoms with Gasteiger partial charge in [0.15, 0.2) is 0 Å². The third kappa shape index (κ3) is 2.80. The van der Waals surface area contributed by atoms with Crippen molar-refractivity contribution in [3.8, 4) is 0 Å². The van der Waals surface area contributed by atoms with Gasteiger partial charge in [-0.05, 0) is 73.1 Å². The van der Waals surface area contributed by atoms with E-state index in [-0.39, 0.29) is 12.4 Å². The molecule has 1 aliphatic heterocycles. The first kappa shape index (κ1) is 18.2. The minimum atomic E-state index is 0. The third-order valence-corrected chi connectivity index (χ3v) is 7.45. The van der Waals surface area contributed by atoms with E-state index in [1.165, 1.54) is 79.1 Å². The Hall–Kier alpha value is -1.80. The number of nitrogens with zero attached hydrogens (tertiary/aromatic N) is 2. The first-order valence-corrected chi connectivity index (χ1v) is 11.0. The maximum atomic E-state index is 4.44. The van der Waals surface area contributed by atoms with Crippen molar-refractivity contribution in [2.75, 3.05) is 0 Å². The molecule has 6 rings (SSSR count). The highest BCUT2D eigenvalue weighted by Gasteiger charge is 2.30. The number of pyridine rings is 1. The summed E-state index contributed by atoms with van der Waals surface area (Å²) in [6.45, 7) is 0. The average molecular weight is 393 g/mol. The van der Waals surface area contributed by atoms with Gasteiger partial charge >= 0.3 is 0 Å². The summed E-state index contributed by atoms with van der Waals surface area (Å²) in [5.74, 6) is 1.89. The summed E-state index contributed by atoms with van der Waals surface area (Å²) < 4.78 is 2.61. The normalized spacial score (nSPS) is 23.9. The van der Waals surface area contributed by atoms with E-state index in [1.54, 1.807) is 11.3 Å². The zero-order chi connectivity index (χ0) is 17.8. The van der Waals surface area contributed by atoms with Crippen LogP contribution in [0.25, 0.3) is 22.2 Å². The van der Waals surface area contributed by atoms with Crippen molar-refractivity contribution < 1.29 is 0 Å². The fourth-order valence-corrected chi connectivity index (χ4v) is 6.21. The van der Waals surface area contributed by atoms with E-state index in [4.69, 9.17) is 0 Å². The summed E-state index contributed by atoms with van der Waals surface area (Å²) in [7, 11) is 0. The molecule has 3 heterocycles. The second kappa shape index (κ2) is 7.22. The Balaban J connectivity index is 0.00000171. The second-order valence-electron chi connectivity index (χ2n) is 9.05. The molecule has 3 heteroatoms. The molecule has 1 saturated carbocycles. The van der Waals surface area contributed by atoms with Crippen molar-refractivity contribution in [1.29, 1.82) is 0 Å². The van der Waals surface area contributed by atoms with E-state index in [2.05, 4.69) is 40.0 Å². The molecule has 28 heavy (non-hydrogen) atoms. The molecule has 2 nitrogen and oxygen atoms in total. The van der Waals surface area contributed by atoms with Crippen LogP contribution in [0.1, 0.15) is 69.0 Å². The van der Waals surface area contributed by atoms with Crippen LogP contribution in [0.5, 0.6) is 0 Å². The molecule has 0 aromatic carbocycles. The molecule has 2 aromatic heterocycles. The summed E-state index contributed by atoms with van der Waals surface area (Å²) in [5.41, 5.74) is 8.93. The van der Waals surface area contributed by atoms with Crippen LogP contribution in [0.3, 0.4) is 0 Å². The van der Waals surface area contributed by atoms with Crippen LogP contribution < -0.4 is 0 Å². The smallest absolute Gasteiger partial charge is 0.0567 e. The van der Waals surface area contributed by atoms with Gasteiger partial charge in [0.05, 0.1) is 11.2 Å². The molecule has 2 aromatic rings. The van der Waals surface area contributed by atoms with Crippen molar-refractivity contribution in [2.45, 2.75) is 64.2 Å². The Morgan fingerprint density at radius 2 is 1.93 bits per heavy atom. The lowest BCUT2D eigenvalue weighted by atomic mass is 9.80. The van der Waals surface area contributed by atoms with Crippen LogP contribution in [0.15, 0.2) is 42.3 Å². The molecule has 1 atom stereocenters. The maximum absolute atomic E-state index is 4.44. The summed E-state index contributed by atoms with van der Waals surface area (Å²) in [6, 6.07) is 2.23. The van der Waals surface area contributed by atoms with E-state index in [0.29, 0.717) is 0 Å². The summed E-state index contributed by atoms with van der Waals surface area (Å²) in [4.78, 5) is 4.44. The Morgan fingerprint density at radius 1 is 1.04 bits per heavy atom. The third-order valence-electron chi connectivity index (χ3n) is 7.45. The van der Waals surface area contributed by atoms with Gasteiger partial charge in [-0.3, -0.25) is 4.98 Å². The first-order chi connectivity index (χ1) is 13.4. The van der Waals surface area contributed by atoms with E-state index in [1.807, 2.05) is 6.20 Å². The number of rotatable bonds is 2. The van der Waals surface area contributed by atoms with E-state index in [9.17, 15) is 0 Å². The Bertz CT molecular complexity index is 1000. The predicted octanol–water partition coefficient (Wildman–Crippen LogP) is 6.95. The van der Waals surface area contributed by atoms with Crippen molar-refractivity contribution in [3.63, 3.8) is 0 Å². The van der Waals surface area contributed by atoms with E-state index in [0.717, 1.165) is 24.7 Å². The van der Waals surface area contributed by atoms with Gasteiger partial charge in [0.25, 0.3) is 0 Å². The van der Waals surface area contributed by atoms with Gasteiger partial charge in [-0.1, -0.05) is 43.9 Å². The van der Waals surface area contributed by atoms with E-state index < -0.39 is 0 Å². The number of hydrogen-bond donors (Lipinski definition) is 0. The quantitative estimate of drug-likeness (QED) is 0.540. The van der Waals surface area contributed by atoms with Gasteiger partial charge < -0.3 is 4.57 Å². The van der Waals surface area contributed by atoms with Crippen LogP contribution in [0.4, 0.5) is 0 Å². The zero-order valence-electron chi connectivity index (χ0n) is 16.5. The van der Waals surface area contributed by atoms with Gasteiger partial charge in [-0.25, -0.2) is 0 Å². The Kier molecular flexibility index (Phi) is 4.71. The highest BCUT2D eigenvalue weighted by atomic mass is 35.5. The molecule has 0 saturated heterocycles. The molecule has 0 spiro atoms. The summed E-state index contributed by atoms with van der Waals surface area (Å²) in [5, 5.41) is 1.37. The highest BCUT2D eigenvalue weighted by molar-refractivity contribution is 5.96. The van der Waals surface area contributed by atoms with Crippen molar-refractivity contribution >= 4 is 34.6 Å². The number of allylic oxidation sites excluding steroid dienone is 6. The van der Waals surface area contributed by atoms with Crippen LogP contribution in [0.2, 0.25) is 0 Å². The predicted molar refractivity (Wildman–Crippen MR) is 120 cm³/mol. The number of aromatic nitrogens is 2. The van der Waals surface area contributed by atoms with Crippen LogP contribution in [-0.4, -0.2) is 9.55 Å². The molecule has 0 amide bonds. The molecular weight excluding hydrogens is 364 g/mol. The zero-order valence-corrected chi connectivity index (χ0v) is 17.3.